The van der Waals surface area contributed by atoms with Crippen molar-refractivity contribution in [3.05, 3.63) is 192 Å². The van der Waals surface area contributed by atoms with Gasteiger partial charge in [0.1, 0.15) is 5.56 Å². The summed E-state index contributed by atoms with van der Waals surface area (Å²) in [5.41, 5.74) is -0.479. The molecule has 0 amide bonds. The zero-order valence-corrected chi connectivity index (χ0v) is 30.4. The summed E-state index contributed by atoms with van der Waals surface area (Å²) in [4.78, 5) is 0. The van der Waals surface area contributed by atoms with E-state index >= 15 is 30.7 Å². The normalized spacial score (nSPS) is 12.1. The molecule has 0 saturated carbocycles. The van der Waals surface area contributed by atoms with Crippen molar-refractivity contribution in [2.45, 2.75) is 6.18 Å². The first-order valence-corrected chi connectivity index (χ1v) is 18.5. The highest BCUT2D eigenvalue weighted by Crippen LogP contribution is 2.49. The Bertz CT molecular complexity index is 3280. The number of aromatic nitrogens is 2. The van der Waals surface area contributed by atoms with Crippen LogP contribution in [0.3, 0.4) is 0 Å². The Morgan fingerprint density at radius 3 is 1.29 bits per heavy atom. The molecule has 2 heterocycles. The van der Waals surface area contributed by atoms with Crippen molar-refractivity contribution < 1.29 is 35.1 Å². The molecular formula is C49H26F8N2. The maximum atomic E-state index is 16.4. The van der Waals surface area contributed by atoms with Crippen LogP contribution in [0.25, 0.3) is 88.4 Å². The minimum absolute atomic E-state index is 0.202. The van der Waals surface area contributed by atoms with Gasteiger partial charge in [0.25, 0.3) is 0 Å². The van der Waals surface area contributed by atoms with Crippen LogP contribution in [0.1, 0.15) is 5.56 Å². The van der Waals surface area contributed by atoms with E-state index in [9.17, 15) is 4.39 Å². The topological polar surface area (TPSA) is 9.86 Å². The quantitative estimate of drug-likeness (QED) is 0.0933. The molecule has 0 fully saturated rings. The van der Waals surface area contributed by atoms with Gasteiger partial charge in [-0.2, -0.15) is 13.2 Å². The fourth-order valence-corrected chi connectivity index (χ4v) is 8.39. The van der Waals surface area contributed by atoms with E-state index in [1.54, 1.807) is 78.9 Å². The van der Waals surface area contributed by atoms with Gasteiger partial charge in [-0.15, -0.1) is 0 Å². The Morgan fingerprint density at radius 1 is 0.356 bits per heavy atom. The van der Waals surface area contributed by atoms with Crippen molar-refractivity contribution in [1.29, 1.82) is 0 Å². The van der Waals surface area contributed by atoms with Gasteiger partial charge < -0.3 is 9.13 Å². The zero-order chi connectivity index (χ0) is 40.7. The lowest BCUT2D eigenvalue weighted by Crippen LogP contribution is -2.17. The number of hydrogen-bond acceptors (Lipinski definition) is 0. The molecule has 10 heteroatoms. The molecule has 0 atom stereocenters. The van der Waals surface area contributed by atoms with Crippen molar-refractivity contribution in [2.75, 3.05) is 0 Å². The van der Waals surface area contributed by atoms with Crippen molar-refractivity contribution in [3.8, 4) is 44.8 Å². The SMILES string of the molecule is Fc1c(F)c(F)c(-c2ccc(-n3c4ccccc4c4cc(-c5ccccc5)ccc43)c(C(F)(F)F)c2-n2c3ccccc3c3cc(-c4ccccc4)ccc32)c(F)c1F. The maximum absolute atomic E-state index is 16.4. The van der Waals surface area contributed by atoms with Crippen LogP contribution in [0.15, 0.2) is 158 Å². The van der Waals surface area contributed by atoms with E-state index in [0.29, 0.717) is 32.6 Å². The standard InChI is InChI=1S/C49H26F8N2/c50-43-41(44(51)46(53)47(54)45(43)52)33-21-24-40(58-36-17-9-7-15-31(36)34-25-29(19-22-38(34)58)27-11-3-1-4-12-27)42(49(55,56)57)48(33)59-37-18-10-8-16-32(37)35-26-30(20-23-39(35)59)28-13-5-2-6-14-28/h1-26H. The minimum atomic E-state index is -5.27. The number of nitrogens with zero attached hydrogens (tertiary/aromatic N) is 2. The third-order valence-electron chi connectivity index (χ3n) is 10.9. The van der Waals surface area contributed by atoms with E-state index in [-0.39, 0.29) is 11.0 Å². The second kappa shape index (κ2) is 13.4. The van der Waals surface area contributed by atoms with Crippen LogP contribution in [-0.2, 0) is 6.18 Å². The summed E-state index contributed by atoms with van der Waals surface area (Å²) in [6.45, 7) is 0. The molecule has 0 saturated heterocycles. The zero-order valence-electron chi connectivity index (χ0n) is 30.4. The van der Waals surface area contributed by atoms with Crippen LogP contribution < -0.4 is 0 Å². The number of fused-ring (bicyclic) bond motifs is 6. The van der Waals surface area contributed by atoms with E-state index < -0.39 is 63.3 Å². The number of hydrogen-bond donors (Lipinski definition) is 0. The molecule has 0 aliphatic heterocycles. The summed E-state index contributed by atoms with van der Waals surface area (Å²) in [6.07, 6.45) is -5.27. The van der Waals surface area contributed by atoms with Crippen LogP contribution in [0.5, 0.6) is 0 Å². The van der Waals surface area contributed by atoms with Crippen LogP contribution >= 0.6 is 0 Å². The first kappa shape index (κ1) is 36.2. The Kier molecular flexibility index (Phi) is 8.24. The second-order valence-corrected chi connectivity index (χ2v) is 14.2. The molecule has 59 heavy (non-hydrogen) atoms. The fourth-order valence-electron chi connectivity index (χ4n) is 8.39. The van der Waals surface area contributed by atoms with Crippen molar-refractivity contribution in [1.82, 2.24) is 9.13 Å². The van der Waals surface area contributed by atoms with Gasteiger partial charge >= 0.3 is 6.18 Å². The molecule has 2 nitrogen and oxygen atoms in total. The monoisotopic (exact) mass is 794 g/mol. The highest BCUT2D eigenvalue weighted by molar-refractivity contribution is 6.13. The smallest absolute Gasteiger partial charge is 0.309 e. The Morgan fingerprint density at radius 2 is 0.780 bits per heavy atom. The molecule has 2 aromatic heterocycles. The molecule has 10 aromatic rings. The molecule has 0 bridgehead atoms. The lowest BCUT2D eigenvalue weighted by atomic mass is 9.95. The molecule has 288 valence electrons. The van der Waals surface area contributed by atoms with E-state index in [1.165, 1.54) is 9.13 Å². The van der Waals surface area contributed by atoms with Crippen LogP contribution in [0, 0.1) is 29.1 Å². The van der Waals surface area contributed by atoms with Gasteiger partial charge in [0, 0.05) is 27.1 Å². The molecule has 0 aliphatic carbocycles. The van der Waals surface area contributed by atoms with Crippen LogP contribution in [0.2, 0.25) is 0 Å². The van der Waals surface area contributed by atoms with Gasteiger partial charge in [0.15, 0.2) is 23.3 Å². The second-order valence-electron chi connectivity index (χ2n) is 14.2. The summed E-state index contributed by atoms with van der Waals surface area (Å²) in [7, 11) is 0. The molecule has 0 N–H and O–H groups in total. The number of halogens is 8. The first-order valence-electron chi connectivity index (χ1n) is 18.5. The Balaban J connectivity index is 1.38. The van der Waals surface area contributed by atoms with Crippen LogP contribution in [-0.4, -0.2) is 9.13 Å². The summed E-state index contributed by atoms with van der Waals surface area (Å²) < 4.78 is 128. The maximum Gasteiger partial charge on any atom is 0.420 e. The number of para-hydroxylation sites is 2. The van der Waals surface area contributed by atoms with Crippen molar-refractivity contribution >= 4 is 43.6 Å². The average Bonchev–Trinajstić information content (AvgIpc) is 3.77. The molecule has 8 aromatic carbocycles. The molecule has 0 radical (unpaired) electrons. The lowest BCUT2D eigenvalue weighted by Gasteiger charge is -2.25. The first-order chi connectivity index (χ1) is 28.5. The fraction of sp³-hybridized carbons (Fsp3) is 0.0204. The predicted molar refractivity (Wildman–Crippen MR) is 216 cm³/mol. The molecule has 0 aliphatic rings. The molecule has 10 rings (SSSR count). The van der Waals surface area contributed by atoms with E-state index in [0.717, 1.165) is 34.4 Å². The summed E-state index contributed by atoms with van der Waals surface area (Å²) in [5.74, 6) is -11.5. The largest absolute Gasteiger partial charge is 0.420 e. The summed E-state index contributed by atoms with van der Waals surface area (Å²) in [5, 5.41) is 2.25. The molecular weight excluding hydrogens is 769 g/mol. The van der Waals surface area contributed by atoms with E-state index in [1.807, 2.05) is 66.7 Å². The van der Waals surface area contributed by atoms with Crippen LogP contribution in [0.4, 0.5) is 35.1 Å². The van der Waals surface area contributed by atoms with Gasteiger partial charge in [-0.1, -0.05) is 109 Å². The third kappa shape index (κ3) is 5.54. The van der Waals surface area contributed by atoms with Gasteiger partial charge in [0.05, 0.1) is 39.0 Å². The number of benzene rings is 8. The summed E-state index contributed by atoms with van der Waals surface area (Å²) in [6, 6.07) is 44.7. The molecule has 0 spiro atoms. The Hall–Kier alpha value is -7.20. The average molecular weight is 795 g/mol. The van der Waals surface area contributed by atoms with Gasteiger partial charge in [0.2, 0.25) is 5.82 Å². The van der Waals surface area contributed by atoms with Gasteiger partial charge in [-0.05, 0) is 70.8 Å². The number of alkyl halides is 3. The minimum Gasteiger partial charge on any atom is -0.309 e. The predicted octanol–water partition coefficient (Wildman–Crippen LogP) is 14.6. The van der Waals surface area contributed by atoms with Crippen molar-refractivity contribution in [3.63, 3.8) is 0 Å². The van der Waals surface area contributed by atoms with Crippen molar-refractivity contribution in [2.24, 2.45) is 0 Å². The molecule has 0 unspecified atom stereocenters. The lowest BCUT2D eigenvalue weighted by molar-refractivity contribution is -0.137. The van der Waals surface area contributed by atoms with E-state index in [2.05, 4.69) is 0 Å². The summed E-state index contributed by atoms with van der Waals surface area (Å²) >= 11 is 0. The van der Waals surface area contributed by atoms with Gasteiger partial charge in [-0.3, -0.25) is 0 Å². The Labute approximate surface area is 330 Å². The highest BCUT2D eigenvalue weighted by atomic mass is 19.4. The highest BCUT2D eigenvalue weighted by Gasteiger charge is 2.42. The number of rotatable bonds is 5. The van der Waals surface area contributed by atoms with E-state index in [4.69, 9.17) is 0 Å². The van der Waals surface area contributed by atoms with Gasteiger partial charge in [-0.25, -0.2) is 22.0 Å². The third-order valence-corrected chi connectivity index (χ3v) is 10.9.